The van der Waals surface area contributed by atoms with Crippen molar-refractivity contribution in [2.75, 3.05) is 29.2 Å². The van der Waals surface area contributed by atoms with Crippen LogP contribution in [0.2, 0.25) is 0 Å². The summed E-state index contributed by atoms with van der Waals surface area (Å²) in [6.07, 6.45) is 0. The lowest BCUT2D eigenvalue weighted by molar-refractivity contribution is -0.115. The van der Waals surface area contributed by atoms with Crippen molar-refractivity contribution in [1.29, 1.82) is 0 Å². The van der Waals surface area contributed by atoms with Gasteiger partial charge in [-0.2, -0.15) is 0 Å². The van der Waals surface area contributed by atoms with Crippen LogP contribution in [0.4, 0.5) is 21.9 Å². The van der Waals surface area contributed by atoms with E-state index in [1.807, 2.05) is 12.1 Å². The summed E-state index contributed by atoms with van der Waals surface area (Å²) < 4.78 is 5.21. The van der Waals surface area contributed by atoms with Gasteiger partial charge >= 0.3 is 6.03 Å². The van der Waals surface area contributed by atoms with Crippen LogP contribution in [0.25, 0.3) is 0 Å². The molecule has 3 rings (SSSR count). The minimum atomic E-state index is -0.383. The first kappa shape index (κ1) is 13.9. The van der Waals surface area contributed by atoms with Gasteiger partial charge in [0.15, 0.2) is 0 Å². The standard InChI is InChI=1S/C16H15N3O3/c1-22-14-9-5-3-7-12(14)18-16(21)19-10-15(20)17-11-6-2-4-8-13(11)19/h2-9H,10H2,1H3,(H,17,20)(H,18,21). The monoisotopic (exact) mass is 297 g/mol. The lowest BCUT2D eigenvalue weighted by Gasteiger charge is -2.29. The van der Waals surface area contributed by atoms with Gasteiger partial charge < -0.3 is 15.4 Å². The Balaban J connectivity index is 1.88. The number of carbonyl (C=O) groups excluding carboxylic acids is 2. The largest absolute Gasteiger partial charge is 0.495 e. The number of nitrogens with one attached hydrogen (secondary N) is 2. The van der Waals surface area contributed by atoms with Crippen LogP contribution in [0.1, 0.15) is 0 Å². The number of fused-ring (bicyclic) bond motifs is 1. The van der Waals surface area contributed by atoms with Gasteiger partial charge in [-0.3, -0.25) is 9.69 Å². The van der Waals surface area contributed by atoms with Gasteiger partial charge in [0.2, 0.25) is 5.91 Å². The van der Waals surface area contributed by atoms with Gasteiger partial charge in [-0.05, 0) is 24.3 Å². The van der Waals surface area contributed by atoms with Crippen molar-refractivity contribution in [3.8, 4) is 5.75 Å². The minimum absolute atomic E-state index is 0.0298. The number of amides is 3. The zero-order valence-corrected chi connectivity index (χ0v) is 12.0. The maximum absolute atomic E-state index is 12.5. The molecule has 1 aliphatic rings. The fourth-order valence-corrected chi connectivity index (χ4v) is 2.35. The van der Waals surface area contributed by atoms with E-state index in [4.69, 9.17) is 4.74 Å². The van der Waals surface area contributed by atoms with Gasteiger partial charge in [0.25, 0.3) is 0 Å². The minimum Gasteiger partial charge on any atom is -0.495 e. The molecule has 2 N–H and O–H groups in total. The Labute approximate surface area is 127 Å². The van der Waals surface area contributed by atoms with E-state index in [-0.39, 0.29) is 18.5 Å². The highest BCUT2D eigenvalue weighted by atomic mass is 16.5. The molecule has 2 aromatic rings. The van der Waals surface area contributed by atoms with E-state index in [0.717, 1.165) is 0 Å². The Kier molecular flexibility index (Phi) is 3.65. The number of rotatable bonds is 2. The number of hydrogen-bond donors (Lipinski definition) is 2. The molecule has 0 aromatic heterocycles. The van der Waals surface area contributed by atoms with Crippen LogP contribution in [0, 0.1) is 0 Å². The smallest absolute Gasteiger partial charge is 0.326 e. The van der Waals surface area contributed by atoms with Gasteiger partial charge in [0, 0.05) is 0 Å². The normalized spacial score (nSPS) is 13.1. The Morgan fingerprint density at radius 2 is 1.91 bits per heavy atom. The van der Waals surface area contributed by atoms with Crippen LogP contribution >= 0.6 is 0 Å². The van der Waals surface area contributed by atoms with E-state index in [1.165, 1.54) is 12.0 Å². The van der Waals surface area contributed by atoms with Gasteiger partial charge in [-0.15, -0.1) is 0 Å². The second-order valence-corrected chi connectivity index (χ2v) is 4.78. The number of ether oxygens (including phenoxy) is 1. The highest BCUT2D eigenvalue weighted by Crippen LogP contribution is 2.30. The third-order valence-corrected chi connectivity index (χ3v) is 3.36. The molecular formula is C16H15N3O3. The van der Waals surface area contributed by atoms with E-state index in [1.54, 1.807) is 36.4 Å². The summed E-state index contributed by atoms with van der Waals surface area (Å²) in [7, 11) is 1.54. The van der Waals surface area contributed by atoms with Gasteiger partial charge in [-0.1, -0.05) is 24.3 Å². The molecule has 6 nitrogen and oxygen atoms in total. The van der Waals surface area contributed by atoms with E-state index >= 15 is 0 Å². The fourth-order valence-electron chi connectivity index (χ4n) is 2.35. The Morgan fingerprint density at radius 1 is 1.18 bits per heavy atom. The Hall–Kier alpha value is -3.02. The molecule has 0 fully saturated rings. The molecule has 0 saturated carbocycles. The third-order valence-electron chi connectivity index (χ3n) is 3.36. The van der Waals surface area contributed by atoms with E-state index < -0.39 is 0 Å². The van der Waals surface area contributed by atoms with Crippen LogP contribution < -0.4 is 20.3 Å². The van der Waals surface area contributed by atoms with E-state index in [2.05, 4.69) is 10.6 Å². The first-order valence-corrected chi connectivity index (χ1v) is 6.79. The molecule has 6 heteroatoms. The highest BCUT2D eigenvalue weighted by molar-refractivity contribution is 6.13. The maximum atomic E-state index is 12.5. The van der Waals surface area contributed by atoms with E-state index in [0.29, 0.717) is 22.8 Å². The molecule has 0 spiro atoms. The molecule has 1 heterocycles. The summed E-state index contributed by atoms with van der Waals surface area (Å²) in [6.45, 7) is -0.0298. The predicted molar refractivity (Wildman–Crippen MR) is 84.4 cm³/mol. The molecule has 0 unspecified atom stereocenters. The van der Waals surface area contributed by atoms with Crippen LogP contribution in [0.3, 0.4) is 0 Å². The third kappa shape index (κ3) is 2.58. The molecule has 0 bridgehead atoms. The molecule has 112 valence electrons. The lowest BCUT2D eigenvalue weighted by atomic mass is 10.2. The van der Waals surface area contributed by atoms with Crippen molar-refractivity contribution in [1.82, 2.24) is 0 Å². The molecule has 2 aromatic carbocycles. The van der Waals surface area contributed by atoms with Crippen molar-refractivity contribution < 1.29 is 14.3 Å². The predicted octanol–water partition coefficient (Wildman–Crippen LogP) is 2.69. The number of anilines is 3. The molecule has 3 amide bonds. The van der Waals surface area contributed by atoms with Crippen molar-refractivity contribution in [2.24, 2.45) is 0 Å². The Bertz CT molecular complexity index is 730. The zero-order chi connectivity index (χ0) is 15.5. The van der Waals surface area contributed by atoms with Crippen LogP contribution in [0.5, 0.6) is 5.75 Å². The van der Waals surface area contributed by atoms with Crippen LogP contribution in [-0.4, -0.2) is 25.6 Å². The topological polar surface area (TPSA) is 70.7 Å². The van der Waals surface area contributed by atoms with Crippen LogP contribution in [0.15, 0.2) is 48.5 Å². The molecular weight excluding hydrogens is 282 g/mol. The van der Waals surface area contributed by atoms with Crippen molar-refractivity contribution in [3.05, 3.63) is 48.5 Å². The second-order valence-electron chi connectivity index (χ2n) is 4.78. The summed E-state index contributed by atoms with van der Waals surface area (Å²) >= 11 is 0. The average Bonchev–Trinajstić information content (AvgIpc) is 2.54. The van der Waals surface area contributed by atoms with Gasteiger partial charge in [0.1, 0.15) is 12.3 Å². The fraction of sp³-hybridized carbons (Fsp3) is 0.125. The van der Waals surface area contributed by atoms with Gasteiger partial charge in [-0.25, -0.2) is 4.79 Å². The van der Waals surface area contributed by atoms with E-state index in [9.17, 15) is 9.59 Å². The summed E-state index contributed by atoms with van der Waals surface area (Å²) in [5, 5.41) is 5.52. The summed E-state index contributed by atoms with van der Waals surface area (Å²) in [4.78, 5) is 25.7. The quantitative estimate of drug-likeness (QED) is 0.895. The van der Waals surface area contributed by atoms with Crippen LogP contribution in [-0.2, 0) is 4.79 Å². The number of hydrogen-bond acceptors (Lipinski definition) is 3. The number of nitrogens with zero attached hydrogens (tertiary/aromatic N) is 1. The van der Waals surface area contributed by atoms with Crippen molar-refractivity contribution in [3.63, 3.8) is 0 Å². The number of benzene rings is 2. The van der Waals surface area contributed by atoms with Crippen molar-refractivity contribution in [2.45, 2.75) is 0 Å². The number of para-hydroxylation sites is 4. The zero-order valence-electron chi connectivity index (χ0n) is 12.0. The maximum Gasteiger partial charge on any atom is 0.326 e. The number of urea groups is 1. The second kappa shape index (κ2) is 5.77. The molecule has 1 aliphatic heterocycles. The molecule has 0 radical (unpaired) electrons. The summed E-state index contributed by atoms with van der Waals surface area (Å²) in [5.41, 5.74) is 1.84. The first-order chi connectivity index (χ1) is 10.7. The Morgan fingerprint density at radius 3 is 2.73 bits per heavy atom. The molecule has 0 aliphatic carbocycles. The average molecular weight is 297 g/mol. The first-order valence-electron chi connectivity index (χ1n) is 6.79. The summed E-state index contributed by atoms with van der Waals surface area (Å²) in [5.74, 6) is 0.333. The lowest BCUT2D eigenvalue weighted by Crippen LogP contribution is -2.44. The number of carbonyl (C=O) groups is 2. The molecule has 0 saturated heterocycles. The summed E-state index contributed by atoms with van der Waals surface area (Å²) in [6, 6.07) is 13.9. The molecule has 22 heavy (non-hydrogen) atoms. The van der Waals surface area contributed by atoms with Gasteiger partial charge in [0.05, 0.1) is 24.2 Å². The van der Waals surface area contributed by atoms with Crippen molar-refractivity contribution >= 4 is 29.0 Å². The molecule has 0 atom stereocenters. The number of methoxy groups -OCH3 is 1. The SMILES string of the molecule is COc1ccccc1NC(=O)N1CC(=O)Nc2ccccc21. The highest BCUT2D eigenvalue weighted by Gasteiger charge is 2.26.